The molecule has 0 radical (unpaired) electrons. The lowest BCUT2D eigenvalue weighted by Crippen LogP contribution is -2.28. The number of carbonyl (C=O) groups is 1. The zero-order valence-electron chi connectivity index (χ0n) is 16.9. The van der Waals surface area contributed by atoms with E-state index in [0.29, 0.717) is 17.3 Å². The highest BCUT2D eigenvalue weighted by Crippen LogP contribution is 2.34. The molecule has 2 aliphatic heterocycles. The van der Waals surface area contributed by atoms with Crippen LogP contribution in [-0.4, -0.2) is 42.8 Å². The van der Waals surface area contributed by atoms with E-state index in [2.05, 4.69) is 16.8 Å². The number of amides is 1. The molecular formula is C22H30N2O3S. The van der Waals surface area contributed by atoms with Gasteiger partial charge in [-0.05, 0) is 54.8 Å². The summed E-state index contributed by atoms with van der Waals surface area (Å²) in [4.78, 5) is 19.6. The smallest absolute Gasteiger partial charge is 0.286 e. The van der Waals surface area contributed by atoms with Gasteiger partial charge in [-0.1, -0.05) is 38.7 Å². The highest BCUT2D eigenvalue weighted by molar-refractivity contribution is 8.18. The van der Waals surface area contributed by atoms with Gasteiger partial charge >= 0.3 is 0 Å². The highest BCUT2D eigenvalue weighted by Gasteiger charge is 2.26. The Kier molecular flexibility index (Phi) is 7.83. The molecule has 1 fully saturated rings. The molecule has 152 valence electrons. The summed E-state index contributed by atoms with van der Waals surface area (Å²) < 4.78 is 11.3. The molecule has 0 unspecified atom stereocenters. The minimum Gasteiger partial charge on any atom is -0.493 e. The minimum atomic E-state index is -0.150. The number of unbranched alkanes of at least 4 members (excludes halogenated alkanes) is 2. The van der Waals surface area contributed by atoms with Crippen molar-refractivity contribution < 1.29 is 14.3 Å². The Hall–Kier alpha value is -1.95. The average molecular weight is 403 g/mol. The molecule has 1 aromatic carbocycles. The molecule has 0 aromatic heterocycles. The number of methoxy groups -OCH3 is 1. The molecule has 1 amide bonds. The Morgan fingerprint density at radius 2 is 1.93 bits per heavy atom. The van der Waals surface area contributed by atoms with E-state index in [0.717, 1.165) is 42.4 Å². The summed E-state index contributed by atoms with van der Waals surface area (Å²) in [5, 5.41) is 0.848. The van der Waals surface area contributed by atoms with Crippen LogP contribution in [0.2, 0.25) is 0 Å². The second kappa shape index (κ2) is 10.6. The predicted octanol–water partition coefficient (Wildman–Crippen LogP) is 5.11. The van der Waals surface area contributed by atoms with Gasteiger partial charge in [-0.3, -0.25) is 4.79 Å². The zero-order valence-corrected chi connectivity index (χ0v) is 17.7. The van der Waals surface area contributed by atoms with E-state index >= 15 is 0 Å². The fourth-order valence-electron chi connectivity index (χ4n) is 3.37. The first kappa shape index (κ1) is 20.8. The van der Waals surface area contributed by atoms with Crippen molar-refractivity contribution in [3.05, 3.63) is 28.7 Å². The molecule has 2 heterocycles. The van der Waals surface area contributed by atoms with Crippen molar-refractivity contribution >= 4 is 28.9 Å². The molecule has 0 atom stereocenters. The number of hydrogen-bond donors (Lipinski definition) is 0. The second-order valence-corrected chi connectivity index (χ2v) is 8.19. The summed E-state index contributed by atoms with van der Waals surface area (Å²) in [6.07, 6.45) is 10.1. The normalized spacial score (nSPS) is 18.9. The summed E-state index contributed by atoms with van der Waals surface area (Å²) in [5.74, 6) is 1.28. The molecule has 0 bridgehead atoms. The van der Waals surface area contributed by atoms with E-state index < -0.39 is 0 Å². The summed E-state index contributed by atoms with van der Waals surface area (Å²) in [6, 6.07) is 5.79. The van der Waals surface area contributed by atoms with Crippen LogP contribution in [0.5, 0.6) is 11.5 Å². The molecule has 6 heteroatoms. The van der Waals surface area contributed by atoms with E-state index in [1.165, 1.54) is 43.9 Å². The van der Waals surface area contributed by atoms with Gasteiger partial charge in [0.1, 0.15) is 0 Å². The van der Waals surface area contributed by atoms with Crippen molar-refractivity contribution in [1.82, 2.24) is 4.90 Å². The number of ether oxygens (including phenoxy) is 2. The summed E-state index contributed by atoms with van der Waals surface area (Å²) >= 11 is 1.48. The first-order valence-electron chi connectivity index (χ1n) is 10.3. The molecule has 0 aliphatic carbocycles. The molecule has 0 spiro atoms. The number of carbonyl (C=O) groups excluding carboxylic acids is 1. The maximum absolute atomic E-state index is 12.4. The van der Waals surface area contributed by atoms with Crippen molar-refractivity contribution in [2.45, 2.75) is 51.9 Å². The summed E-state index contributed by atoms with van der Waals surface area (Å²) in [7, 11) is 1.64. The molecular weight excluding hydrogens is 372 g/mol. The van der Waals surface area contributed by atoms with Gasteiger partial charge in [0.25, 0.3) is 5.91 Å². The Morgan fingerprint density at radius 1 is 1.14 bits per heavy atom. The van der Waals surface area contributed by atoms with Crippen LogP contribution in [0, 0.1) is 0 Å². The van der Waals surface area contributed by atoms with Crippen LogP contribution >= 0.6 is 11.8 Å². The summed E-state index contributed by atoms with van der Waals surface area (Å²) in [5.41, 5.74) is 0.918. The number of likely N-dealkylation sites (tertiary alicyclic amines) is 1. The predicted molar refractivity (Wildman–Crippen MR) is 116 cm³/mol. The van der Waals surface area contributed by atoms with E-state index in [-0.39, 0.29) is 5.91 Å². The lowest BCUT2D eigenvalue weighted by Gasteiger charge is -2.20. The Morgan fingerprint density at radius 3 is 2.64 bits per heavy atom. The SMILES string of the molecule is CCCCCOc1ccc(/C=C2\SC(N3CCCCCC3)=NC2=O)cc1OC. The number of thioether (sulfide) groups is 1. The number of hydrogen-bond acceptors (Lipinski definition) is 5. The first-order chi connectivity index (χ1) is 13.7. The minimum absolute atomic E-state index is 0.150. The van der Waals surface area contributed by atoms with E-state index in [1.54, 1.807) is 7.11 Å². The van der Waals surface area contributed by atoms with Gasteiger partial charge in [0.05, 0.1) is 18.6 Å². The van der Waals surface area contributed by atoms with Crippen LogP contribution in [0.1, 0.15) is 57.4 Å². The van der Waals surface area contributed by atoms with Crippen LogP contribution in [0.4, 0.5) is 0 Å². The number of aliphatic imine (C=N–C) groups is 1. The van der Waals surface area contributed by atoms with E-state index in [4.69, 9.17) is 9.47 Å². The van der Waals surface area contributed by atoms with Crippen LogP contribution in [0.3, 0.4) is 0 Å². The zero-order chi connectivity index (χ0) is 19.8. The van der Waals surface area contributed by atoms with Gasteiger partial charge in [0, 0.05) is 13.1 Å². The van der Waals surface area contributed by atoms with Crippen LogP contribution in [0.25, 0.3) is 6.08 Å². The lowest BCUT2D eigenvalue weighted by atomic mass is 10.2. The van der Waals surface area contributed by atoms with E-state index in [1.807, 2.05) is 24.3 Å². The van der Waals surface area contributed by atoms with Crippen molar-refractivity contribution in [3.8, 4) is 11.5 Å². The van der Waals surface area contributed by atoms with Gasteiger partial charge in [-0.15, -0.1) is 0 Å². The number of rotatable bonds is 7. The van der Waals surface area contributed by atoms with Crippen molar-refractivity contribution in [3.63, 3.8) is 0 Å². The Labute approximate surface area is 172 Å². The van der Waals surface area contributed by atoms with Gasteiger partial charge in [0.15, 0.2) is 16.7 Å². The molecule has 0 saturated carbocycles. The number of nitrogens with zero attached hydrogens (tertiary/aromatic N) is 2. The molecule has 2 aliphatic rings. The molecule has 1 aromatic rings. The fourth-order valence-corrected chi connectivity index (χ4v) is 4.34. The molecule has 3 rings (SSSR count). The largest absolute Gasteiger partial charge is 0.493 e. The van der Waals surface area contributed by atoms with Crippen LogP contribution in [0.15, 0.2) is 28.1 Å². The quantitative estimate of drug-likeness (QED) is 0.468. The van der Waals surface area contributed by atoms with Crippen LogP contribution < -0.4 is 9.47 Å². The summed E-state index contributed by atoms with van der Waals surface area (Å²) in [6.45, 7) is 4.84. The van der Waals surface area contributed by atoms with Crippen LogP contribution in [-0.2, 0) is 4.79 Å². The standard InChI is InChI=1S/C22H30N2O3S/c1-3-4-9-14-27-18-11-10-17(15-19(18)26-2)16-20-21(25)23-22(28-20)24-12-7-5-6-8-13-24/h10-11,15-16H,3-9,12-14H2,1-2H3/b20-16-. The van der Waals surface area contributed by atoms with Crippen molar-refractivity contribution in [2.75, 3.05) is 26.8 Å². The third-order valence-corrected chi connectivity index (χ3v) is 6.02. The Bertz CT molecular complexity index is 737. The molecule has 28 heavy (non-hydrogen) atoms. The second-order valence-electron chi connectivity index (χ2n) is 7.18. The van der Waals surface area contributed by atoms with Gasteiger partial charge < -0.3 is 14.4 Å². The lowest BCUT2D eigenvalue weighted by molar-refractivity contribution is -0.113. The topological polar surface area (TPSA) is 51.1 Å². The van der Waals surface area contributed by atoms with Crippen molar-refractivity contribution in [1.29, 1.82) is 0 Å². The van der Waals surface area contributed by atoms with Gasteiger partial charge in [-0.25, -0.2) is 0 Å². The van der Waals surface area contributed by atoms with Gasteiger partial charge in [-0.2, -0.15) is 4.99 Å². The first-order valence-corrected chi connectivity index (χ1v) is 11.1. The average Bonchev–Trinajstić information content (AvgIpc) is 2.90. The molecule has 0 N–H and O–H groups in total. The maximum Gasteiger partial charge on any atom is 0.286 e. The third-order valence-electron chi connectivity index (χ3n) is 4.98. The monoisotopic (exact) mass is 402 g/mol. The molecule has 5 nitrogen and oxygen atoms in total. The third kappa shape index (κ3) is 5.53. The molecule has 1 saturated heterocycles. The fraction of sp³-hybridized carbons (Fsp3) is 0.545. The highest BCUT2D eigenvalue weighted by atomic mass is 32.2. The van der Waals surface area contributed by atoms with E-state index in [9.17, 15) is 4.79 Å². The number of amidine groups is 1. The van der Waals surface area contributed by atoms with Crippen molar-refractivity contribution in [2.24, 2.45) is 4.99 Å². The maximum atomic E-state index is 12.4. The number of benzene rings is 1. The Balaban J connectivity index is 1.66. The van der Waals surface area contributed by atoms with Gasteiger partial charge in [0.2, 0.25) is 0 Å².